The highest BCUT2D eigenvalue weighted by atomic mass is 35.5. The van der Waals surface area contributed by atoms with Crippen LogP contribution in [-0.4, -0.2) is 17.0 Å². The summed E-state index contributed by atoms with van der Waals surface area (Å²) in [5.74, 6) is -1.71. The highest BCUT2D eigenvalue weighted by Gasteiger charge is 2.38. The number of anilines is 1. The maximum Gasteiger partial charge on any atom is 0.310 e. The Balaban J connectivity index is 2.95. The summed E-state index contributed by atoms with van der Waals surface area (Å²) >= 11 is 5.84. The van der Waals surface area contributed by atoms with Gasteiger partial charge in [-0.3, -0.25) is 9.59 Å². The molecular weight excluding hydrogens is 292 g/mol. The number of nitrogens with zero attached hydrogens (tertiary/aromatic N) is 1. The summed E-state index contributed by atoms with van der Waals surface area (Å²) < 4.78 is 0. The number of rotatable bonds is 5. The molecule has 2 N–H and O–H groups in total. The van der Waals surface area contributed by atoms with Gasteiger partial charge in [-0.1, -0.05) is 25.4 Å². The van der Waals surface area contributed by atoms with Gasteiger partial charge in [-0.05, 0) is 31.0 Å². The Morgan fingerprint density at radius 3 is 2.57 bits per heavy atom. The molecule has 0 radical (unpaired) electrons. The SMILES string of the molecule is CC(C)C(C)(CC(=O)Nc1cc(Cl)ccc1C#N)C(=O)O. The number of aliphatic carboxylic acids is 1. The molecule has 0 aliphatic carbocycles. The van der Waals surface area contributed by atoms with E-state index in [0.29, 0.717) is 5.02 Å². The topological polar surface area (TPSA) is 90.2 Å². The number of hydrogen-bond acceptors (Lipinski definition) is 3. The Morgan fingerprint density at radius 1 is 1.48 bits per heavy atom. The molecule has 0 aliphatic heterocycles. The number of carbonyl (C=O) groups is 2. The maximum absolute atomic E-state index is 12.1. The lowest BCUT2D eigenvalue weighted by atomic mass is 9.76. The van der Waals surface area contributed by atoms with Crippen molar-refractivity contribution < 1.29 is 14.7 Å². The van der Waals surface area contributed by atoms with Crippen molar-refractivity contribution in [2.75, 3.05) is 5.32 Å². The second-order valence-electron chi connectivity index (χ2n) is 5.40. The fraction of sp³-hybridized carbons (Fsp3) is 0.400. The molecule has 0 aromatic heterocycles. The highest BCUT2D eigenvalue weighted by Crippen LogP contribution is 2.32. The lowest BCUT2D eigenvalue weighted by Crippen LogP contribution is -2.37. The van der Waals surface area contributed by atoms with Crippen LogP contribution in [0.25, 0.3) is 0 Å². The third-order valence-corrected chi connectivity index (χ3v) is 3.90. The number of benzene rings is 1. The van der Waals surface area contributed by atoms with Gasteiger partial charge in [0.15, 0.2) is 0 Å². The lowest BCUT2D eigenvalue weighted by Gasteiger charge is -2.28. The average Bonchev–Trinajstić information content (AvgIpc) is 2.38. The Labute approximate surface area is 128 Å². The van der Waals surface area contributed by atoms with Crippen LogP contribution in [0.5, 0.6) is 0 Å². The summed E-state index contributed by atoms with van der Waals surface area (Å²) in [6.07, 6.45) is -0.183. The first-order valence-electron chi connectivity index (χ1n) is 6.43. The quantitative estimate of drug-likeness (QED) is 0.873. The second kappa shape index (κ2) is 6.59. The largest absolute Gasteiger partial charge is 0.481 e. The zero-order valence-corrected chi connectivity index (χ0v) is 12.9. The van der Waals surface area contributed by atoms with Gasteiger partial charge in [-0.2, -0.15) is 5.26 Å². The smallest absolute Gasteiger partial charge is 0.310 e. The third kappa shape index (κ3) is 3.96. The fourth-order valence-corrected chi connectivity index (χ4v) is 1.94. The number of nitrogens with one attached hydrogen (secondary N) is 1. The van der Waals surface area contributed by atoms with E-state index in [1.54, 1.807) is 19.9 Å². The summed E-state index contributed by atoms with van der Waals surface area (Å²) in [5.41, 5.74) is -0.615. The van der Waals surface area contributed by atoms with E-state index in [0.717, 1.165) is 0 Å². The Kier molecular flexibility index (Phi) is 5.34. The molecule has 0 heterocycles. The number of carboxylic acids is 1. The molecule has 0 spiro atoms. The van der Waals surface area contributed by atoms with Gasteiger partial charge in [-0.25, -0.2) is 0 Å². The van der Waals surface area contributed by atoms with Gasteiger partial charge in [-0.15, -0.1) is 0 Å². The highest BCUT2D eigenvalue weighted by molar-refractivity contribution is 6.31. The van der Waals surface area contributed by atoms with Crippen LogP contribution < -0.4 is 5.32 Å². The molecule has 0 aliphatic rings. The van der Waals surface area contributed by atoms with Crippen LogP contribution in [0, 0.1) is 22.7 Å². The molecule has 1 aromatic rings. The van der Waals surface area contributed by atoms with Crippen molar-refractivity contribution in [2.45, 2.75) is 27.2 Å². The summed E-state index contributed by atoms with van der Waals surface area (Å²) in [4.78, 5) is 23.5. The minimum atomic E-state index is -1.17. The average molecular weight is 309 g/mol. The van der Waals surface area contributed by atoms with E-state index in [4.69, 9.17) is 16.9 Å². The maximum atomic E-state index is 12.1. The van der Waals surface area contributed by atoms with Crippen LogP contribution in [0.4, 0.5) is 5.69 Å². The molecule has 21 heavy (non-hydrogen) atoms. The van der Waals surface area contributed by atoms with Crippen molar-refractivity contribution in [3.63, 3.8) is 0 Å². The molecule has 0 fully saturated rings. The molecule has 1 amide bonds. The Hall–Kier alpha value is -2.06. The van der Waals surface area contributed by atoms with Gasteiger partial charge in [0.05, 0.1) is 16.7 Å². The summed E-state index contributed by atoms with van der Waals surface area (Å²) in [7, 11) is 0. The Bertz CT molecular complexity index is 607. The van der Waals surface area contributed by atoms with E-state index >= 15 is 0 Å². The van der Waals surface area contributed by atoms with Crippen LogP contribution in [-0.2, 0) is 9.59 Å². The first kappa shape index (κ1) is 17.0. The van der Waals surface area contributed by atoms with Crippen molar-refractivity contribution in [3.8, 4) is 6.07 Å². The van der Waals surface area contributed by atoms with Gasteiger partial charge in [0.25, 0.3) is 0 Å². The van der Waals surface area contributed by atoms with Crippen LogP contribution in [0.1, 0.15) is 32.8 Å². The first-order chi connectivity index (χ1) is 9.70. The molecule has 0 saturated carbocycles. The monoisotopic (exact) mass is 308 g/mol. The van der Waals surface area contributed by atoms with Crippen LogP contribution in [0.3, 0.4) is 0 Å². The van der Waals surface area contributed by atoms with Crippen molar-refractivity contribution in [2.24, 2.45) is 11.3 Å². The number of carboxylic acid groups (broad SMARTS) is 1. The number of carbonyl (C=O) groups excluding carboxylic acids is 1. The Morgan fingerprint density at radius 2 is 2.10 bits per heavy atom. The fourth-order valence-electron chi connectivity index (χ4n) is 1.77. The summed E-state index contributed by atoms with van der Waals surface area (Å²) in [5, 5.41) is 21.2. The van der Waals surface area contributed by atoms with Crippen LogP contribution in [0.2, 0.25) is 5.02 Å². The second-order valence-corrected chi connectivity index (χ2v) is 5.84. The molecule has 1 atom stereocenters. The van der Waals surface area contributed by atoms with E-state index in [2.05, 4.69) is 5.32 Å². The standard InChI is InChI=1S/C15H17ClN2O3/c1-9(2)15(3,14(20)21)7-13(19)18-12-6-11(16)5-4-10(12)8-17/h4-6,9H,7H2,1-3H3,(H,18,19)(H,20,21). The van der Waals surface area contributed by atoms with Gasteiger partial charge < -0.3 is 10.4 Å². The molecule has 112 valence electrons. The molecule has 5 nitrogen and oxygen atoms in total. The van der Waals surface area contributed by atoms with Gasteiger partial charge in [0, 0.05) is 11.4 Å². The summed E-state index contributed by atoms with van der Waals surface area (Å²) in [6.45, 7) is 5.03. The van der Waals surface area contributed by atoms with Gasteiger partial charge in [0.1, 0.15) is 6.07 Å². The van der Waals surface area contributed by atoms with E-state index in [1.165, 1.54) is 19.1 Å². The zero-order chi connectivity index (χ0) is 16.2. The molecular formula is C15H17ClN2O3. The van der Waals surface area contributed by atoms with Crippen molar-refractivity contribution in [1.29, 1.82) is 5.26 Å². The summed E-state index contributed by atoms with van der Waals surface area (Å²) in [6, 6.07) is 6.45. The van der Waals surface area contributed by atoms with E-state index in [-0.39, 0.29) is 23.6 Å². The van der Waals surface area contributed by atoms with Crippen molar-refractivity contribution in [3.05, 3.63) is 28.8 Å². The predicted molar refractivity (Wildman–Crippen MR) is 80.0 cm³/mol. The zero-order valence-electron chi connectivity index (χ0n) is 12.1. The van der Waals surface area contributed by atoms with E-state index < -0.39 is 17.3 Å². The van der Waals surface area contributed by atoms with Gasteiger partial charge >= 0.3 is 5.97 Å². The molecule has 1 rings (SSSR count). The number of nitriles is 1. The molecule has 0 bridgehead atoms. The molecule has 1 unspecified atom stereocenters. The minimum absolute atomic E-state index is 0.183. The molecule has 6 heteroatoms. The number of hydrogen-bond donors (Lipinski definition) is 2. The molecule has 0 saturated heterocycles. The van der Waals surface area contributed by atoms with Crippen LogP contribution in [0.15, 0.2) is 18.2 Å². The van der Waals surface area contributed by atoms with Crippen molar-refractivity contribution in [1.82, 2.24) is 0 Å². The first-order valence-corrected chi connectivity index (χ1v) is 6.81. The molecule has 1 aromatic carbocycles. The predicted octanol–water partition coefficient (Wildman–Crippen LogP) is 3.29. The normalized spacial score (nSPS) is 13.3. The number of halogens is 1. The van der Waals surface area contributed by atoms with Crippen LogP contribution >= 0.6 is 11.6 Å². The number of amides is 1. The lowest BCUT2D eigenvalue weighted by molar-refractivity contribution is -0.153. The van der Waals surface area contributed by atoms with E-state index in [9.17, 15) is 14.7 Å². The van der Waals surface area contributed by atoms with Gasteiger partial charge in [0.2, 0.25) is 5.91 Å². The van der Waals surface area contributed by atoms with Crippen molar-refractivity contribution >= 4 is 29.2 Å². The third-order valence-electron chi connectivity index (χ3n) is 3.67. The van der Waals surface area contributed by atoms with E-state index in [1.807, 2.05) is 6.07 Å². The minimum Gasteiger partial charge on any atom is -0.481 e.